The number of aryl methyl sites for hydroxylation is 1. The van der Waals surface area contributed by atoms with Gasteiger partial charge in [-0.05, 0) is 11.6 Å². The first-order chi connectivity index (χ1) is 14.1. The van der Waals surface area contributed by atoms with Crippen LogP contribution in [0.5, 0.6) is 0 Å². The Morgan fingerprint density at radius 3 is 2.72 bits per heavy atom. The SMILES string of the molecule is C=CC(=O)N1CCn2cc(C(=O)NCc3cnn(C)c3)nc2C1c1ccccc1. The topological polar surface area (TPSA) is 85.0 Å². The highest BCUT2D eigenvalue weighted by Crippen LogP contribution is 2.31. The summed E-state index contributed by atoms with van der Waals surface area (Å²) in [5, 5.41) is 6.97. The molecule has 1 unspecified atom stereocenters. The Kier molecular flexibility index (Phi) is 4.99. The third-order valence-corrected chi connectivity index (χ3v) is 4.96. The van der Waals surface area contributed by atoms with Crippen molar-refractivity contribution in [1.82, 2.24) is 29.5 Å². The number of fused-ring (bicyclic) bond motifs is 1. The zero-order chi connectivity index (χ0) is 20.4. The largest absolute Gasteiger partial charge is 0.346 e. The minimum absolute atomic E-state index is 0.157. The highest BCUT2D eigenvalue weighted by atomic mass is 16.2. The van der Waals surface area contributed by atoms with Gasteiger partial charge in [0.2, 0.25) is 5.91 Å². The molecule has 8 nitrogen and oxygen atoms in total. The number of nitrogens with zero attached hydrogens (tertiary/aromatic N) is 5. The molecule has 2 aromatic heterocycles. The number of benzene rings is 1. The normalized spacial score (nSPS) is 15.6. The summed E-state index contributed by atoms with van der Waals surface area (Å²) in [6.45, 7) is 5.08. The molecule has 0 bridgehead atoms. The number of carbonyl (C=O) groups excluding carboxylic acids is 2. The molecule has 4 rings (SSSR count). The molecule has 1 N–H and O–H groups in total. The molecule has 1 aliphatic heterocycles. The fourth-order valence-corrected chi connectivity index (χ4v) is 3.58. The summed E-state index contributed by atoms with van der Waals surface area (Å²) in [5.74, 6) is 0.254. The molecule has 8 heteroatoms. The number of imidazole rings is 1. The second-order valence-corrected chi connectivity index (χ2v) is 6.93. The first-order valence-corrected chi connectivity index (χ1v) is 9.37. The van der Waals surface area contributed by atoms with Crippen LogP contribution < -0.4 is 5.32 Å². The molecule has 0 saturated heterocycles. The van der Waals surface area contributed by atoms with Crippen LogP contribution >= 0.6 is 0 Å². The van der Waals surface area contributed by atoms with E-state index in [0.29, 0.717) is 31.2 Å². The zero-order valence-corrected chi connectivity index (χ0v) is 16.2. The minimum atomic E-state index is -0.365. The van der Waals surface area contributed by atoms with E-state index in [9.17, 15) is 9.59 Å². The Bertz CT molecular complexity index is 1050. The van der Waals surface area contributed by atoms with E-state index in [0.717, 1.165) is 11.1 Å². The summed E-state index contributed by atoms with van der Waals surface area (Å²) in [5.41, 5.74) is 2.18. The van der Waals surface area contributed by atoms with Gasteiger partial charge in [-0.3, -0.25) is 14.3 Å². The second kappa shape index (κ2) is 7.75. The predicted molar refractivity (Wildman–Crippen MR) is 107 cm³/mol. The van der Waals surface area contributed by atoms with Gasteiger partial charge in [-0.25, -0.2) is 4.98 Å². The van der Waals surface area contributed by atoms with Gasteiger partial charge in [0.1, 0.15) is 17.6 Å². The maximum Gasteiger partial charge on any atom is 0.271 e. The number of hydrogen-bond acceptors (Lipinski definition) is 4. The molecule has 2 amide bonds. The van der Waals surface area contributed by atoms with Crippen LogP contribution in [0.4, 0.5) is 0 Å². The van der Waals surface area contributed by atoms with Crippen LogP contribution in [0.3, 0.4) is 0 Å². The summed E-state index contributed by atoms with van der Waals surface area (Å²) in [6.07, 6.45) is 6.63. The molecule has 0 saturated carbocycles. The average Bonchev–Trinajstić information content (AvgIpc) is 3.37. The van der Waals surface area contributed by atoms with E-state index in [1.54, 1.807) is 22.0 Å². The molecular weight excluding hydrogens is 368 g/mol. The van der Waals surface area contributed by atoms with Crippen molar-refractivity contribution in [3.8, 4) is 0 Å². The van der Waals surface area contributed by atoms with E-state index in [1.165, 1.54) is 6.08 Å². The lowest BCUT2D eigenvalue weighted by molar-refractivity contribution is -0.128. The number of carbonyl (C=O) groups is 2. The van der Waals surface area contributed by atoms with Gasteiger partial charge in [0, 0.05) is 44.6 Å². The van der Waals surface area contributed by atoms with E-state index in [2.05, 4.69) is 22.0 Å². The third kappa shape index (κ3) is 3.69. The van der Waals surface area contributed by atoms with Gasteiger partial charge in [0.05, 0.1) is 6.20 Å². The maximum absolute atomic E-state index is 12.6. The molecule has 0 fully saturated rings. The summed E-state index contributed by atoms with van der Waals surface area (Å²) >= 11 is 0. The van der Waals surface area contributed by atoms with Crippen molar-refractivity contribution in [2.45, 2.75) is 19.1 Å². The molecule has 1 atom stereocenters. The molecule has 3 heterocycles. The molecule has 148 valence electrons. The van der Waals surface area contributed by atoms with Gasteiger partial charge in [0.25, 0.3) is 5.91 Å². The van der Waals surface area contributed by atoms with Gasteiger partial charge < -0.3 is 14.8 Å². The lowest BCUT2D eigenvalue weighted by atomic mass is 10.0. The molecule has 1 aromatic carbocycles. The van der Waals surface area contributed by atoms with Crippen LogP contribution in [0.1, 0.15) is 33.5 Å². The Morgan fingerprint density at radius 1 is 1.24 bits per heavy atom. The number of amides is 2. The van der Waals surface area contributed by atoms with Crippen LogP contribution in [-0.4, -0.2) is 42.6 Å². The summed E-state index contributed by atoms with van der Waals surface area (Å²) < 4.78 is 3.63. The van der Waals surface area contributed by atoms with Gasteiger partial charge >= 0.3 is 0 Å². The molecule has 0 radical (unpaired) electrons. The van der Waals surface area contributed by atoms with Crippen molar-refractivity contribution in [3.63, 3.8) is 0 Å². The average molecular weight is 390 g/mol. The highest BCUT2D eigenvalue weighted by Gasteiger charge is 2.33. The maximum atomic E-state index is 12.6. The van der Waals surface area contributed by atoms with E-state index in [4.69, 9.17) is 0 Å². The molecular formula is C21H22N6O2. The number of hydrogen-bond donors (Lipinski definition) is 1. The minimum Gasteiger partial charge on any atom is -0.346 e. The zero-order valence-electron chi connectivity index (χ0n) is 16.2. The molecule has 3 aromatic rings. The Morgan fingerprint density at radius 2 is 2.03 bits per heavy atom. The van der Waals surface area contributed by atoms with Crippen LogP contribution in [0, 0.1) is 0 Å². The number of rotatable bonds is 5. The summed E-state index contributed by atoms with van der Waals surface area (Å²) in [6, 6.07) is 9.33. The summed E-state index contributed by atoms with van der Waals surface area (Å²) in [7, 11) is 1.83. The fourth-order valence-electron chi connectivity index (χ4n) is 3.58. The van der Waals surface area contributed by atoms with Gasteiger partial charge in [-0.15, -0.1) is 0 Å². The van der Waals surface area contributed by atoms with Gasteiger partial charge in [0.15, 0.2) is 0 Å². The van der Waals surface area contributed by atoms with E-state index >= 15 is 0 Å². The van der Waals surface area contributed by atoms with Gasteiger partial charge in [-0.2, -0.15) is 5.10 Å². The standard InChI is InChI=1S/C21H22N6O2/c1-3-18(28)27-10-9-26-14-17(21(29)22-11-15-12-23-25(2)13-15)24-20(26)19(27)16-7-5-4-6-8-16/h3-8,12-14,19H,1,9-11H2,2H3,(H,22,29). The monoisotopic (exact) mass is 390 g/mol. The van der Waals surface area contributed by atoms with Crippen LogP contribution in [0.2, 0.25) is 0 Å². The first kappa shape index (κ1) is 18.7. The Balaban J connectivity index is 1.62. The third-order valence-electron chi connectivity index (χ3n) is 4.96. The smallest absolute Gasteiger partial charge is 0.271 e. The quantitative estimate of drug-likeness (QED) is 0.672. The van der Waals surface area contributed by atoms with Crippen molar-refractivity contribution in [2.75, 3.05) is 6.54 Å². The Hall–Kier alpha value is -3.68. The molecule has 0 aliphatic carbocycles. The van der Waals surface area contributed by atoms with Crippen molar-refractivity contribution in [3.05, 3.63) is 84.2 Å². The van der Waals surface area contributed by atoms with Crippen LogP contribution in [0.15, 0.2) is 61.6 Å². The fraction of sp³-hybridized carbons (Fsp3) is 0.238. The second-order valence-electron chi connectivity index (χ2n) is 6.93. The summed E-state index contributed by atoms with van der Waals surface area (Å²) in [4.78, 5) is 31.4. The predicted octanol–water partition coefficient (Wildman–Crippen LogP) is 1.66. The van der Waals surface area contributed by atoms with Crippen LogP contribution in [-0.2, 0) is 24.9 Å². The lowest BCUT2D eigenvalue weighted by Gasteiger charge is -2.35. The highest BCUT2D eigenvalue weighted by molar-refractivity contribution is 5.92. The molecule has 0 spiro atoms. The molecule has 29 heavy (non-hydrogen) atoms. The van der Waals surface area contributed by atoms with E-state index in [-0.39, 0.29) is 17.9 Å². The van der Waals surface area contributed by atoms with Gasteiger partial charge in [-0.1, -0.05) is 36.9 Å². The number of aromatic nitrogens is 4. The van der Waals surface area contributed by atoms with Crippen molar-refractivity contribution in [2.24, 2.45) is 7.05 Å². The van der Waals surface area contributed by atoms with E-state index in [1.807, 2.05) is 48.1 Å². The van der Waals surface area contributed by atoms with Crippen LogP contribution in [0.25, 0.3) is 0 Å². The van der Waals surface area contributed by atoms with Crippen molar-refractivity contribution < 1.29 is 9.59 Å². The first-order valence-electron chi connectivity index (χ1n) is 9.37. The van der Waals surface area contributed by atoms with E-state index < -0.39 is 0 Å². The number of nitrogens with one attached hydrogen (secondary N) is 1. The lowest BCUT2D eigenvalue weighted by Crippen LogP contribution is -2.42. The van der Waals surface area contributed by atoms with Crippen molar-refractivity contribution in [1.29, 1.82) is 0 Å². The molecule has 1 aliphatic rings. The van der Waals surface area contributed by atoms with Crippen molar-refractivity contribution >= 4 is 11.8 Å². The Labute approximate surface area is 168 Å².